The molecule has 0 aliphatic heterocycles. The molecule has 2 aromatic rings. The predicted molar refractivity (Wildman–Crippen MR) is 110 cm³/mol. The molecule has 0 N–H and O–H groups in total. The van der Waals surface area contributed by atoms with E-state index in [1.54, 1.807) is 0 Å². The van der Waals surface area contributed by atoms with E-state index in [9.17, 15) is 0 Å². The van der Waals surface area contributed by atoms with Gasteiger partial charge in [-0.05, 0) is 51.3 Å². The van der Waals surface area contributed by atoms with E-state index in [4.69, 9.17) is 5.10 Å². The average molecular weight is 447 g/mol. The second kappa shape index (κ2) is 7.61. The molecule has 0 spiro atoms. The van der Waals surface area contributed by atoms with Gasteiger partial charge in [0, 0.05) is 42.9 Å². The molecule has 0 saturated heterocycles. The molecular formula is C23H36N2Pd. The third kappa shape index (κ3) is 4.32. The largest absolute Gasteiger partial charge is 0.266 e. The van der Waals surface area contributed by atoms with Crippen molar-refractivity contribution in [3.05, 3.63) is 40.2 Å². The number of aromatic nitrogens is 2. The summed E-state index contributed by atoms with van der Waals surface area (Å²) < 4.78 is 2.26. The normalized spacial score (nSPS) is 12.5. The number of rotatable bonds is 2. The van der Waals surface area contributed by atoms with Gasteiger partial charge >= 0.3 is 0 Å². The van der Waals surface area contributed by atoms with Crippen LogP contribution in [0, 0.1) is 20.8 Å². The van der Waals surface area contributed by atoms with Crippen molar-refractivity contribution >= 4 is 0 Å². The van der Waals surface area contributed by atoms with Gasteiger partial charge in [0.05, 0.1) is 11.4 Å². The molecule has 1 aromatic carbocycles. The van der Waals surface area contributed by atoms with Gasteiger partial charge in [-0.2, -0.15) is 5.10 Å². The Balaban J connectivity index is 0.00000338. The van der Waals surface area contributed by atoms with Crippen molar-refractivity contribution in [2.75, 3.05) is 0 Å². The van der Waals surface area contributed by atoms with Crippen LogP contribution in [0.25, 0.3) is 11.1 Å². The zero-order valence-electron chi connectivity index (χ0n) is 18.4. The van der Waals surface area contributed by atoms with Gasteiger partial charge in [0.15, 0.2) is 0 Å². The summed E-state index contributed by atoms with van der Waals surface area (Å²) in [6.45, 7) is 24.8. The summed E-state index contributed by atoms with van der Waals surface area (Å²) in [7, 11) is 0. The average Bonchev–Trinajstić information content (AvgIpc) is 2.77. The topological polar surface area (TPSA) is 17.8 Å². The smallest absolute Gasteiger partial charge is 0.0759 e. The van der Waals surface area contributed by atoms with E-state index in [-0.39, 0.29) is 31.3 Å². The zero-order valence-corrected chi connectivity index (χ0v) is 20.0. The molecule has 0 aliphatic rings. The van der Waals surface area contributed by atoms with E-state index >= 15 is 0 Å². The first kappa shape index (κ1) is 23.1. The van der Waals surface area contributed by atoms with Gasteiger partial charge in [0.2, 0.25) is 0 Å². The monoisotopic (exact) mass is 446 g/mol. The van der Waals surface area contributed by atoms with Gasteiger partial charge < -0.3 is 0 Å². The van der Waals surface area contributed by atoms with Crippen molar-refractivity contribution in [1.29, 1.82) is 0 Å². The fraction of sp³-hybridized carbons (Fsp3) is 0.609. The van der Waals surface area contributed by atoms with Gasteiger partial charge in [-0.3, -0.25) is 4.68 Å². The van der Waals surface area contributed by atoms with Crippen LogP contribution in [0.2, 0.25) is 0 Å². The van der Waals surface area contributed by atoms with E-state index in [1.165, 1.54) is 39.2 Å². The third-order valence-electron chi connectivity index (χ3n) is 4.75. The van der Waals surface area contributed by atoms with Gasteiger partial charge in [-0.1, -0.05) is 59.2 Å². The zero-order chi connectivity index (χ0) is 19.3. The third-order valence-corrected chi connectivity index (χ3v) is 4.75. The van der Waals surface area contributed by atoms with Gasteiger partial charge in [-0.25, -0.2) is 0 Å². The second-order valence-electron chi connectivity index (χ2n) is 9.88. The summed E-state index contributed by atoms with van der Waals surface area (Å²) in [5, 5.41) is 5.15. The molecule has 0 radical (unpaired) electrons. The SMILES string of the molecule is Cc1cc(C)c(-c2c(C(C)(C)C)nn(C(C)C)c2C(C)(C)C)c(C)c1.[Pd]. The van der Waals surface area contributed by atoms with Crippen LogP contribution in [0.5, 0.6) is 0 Å². The van der Waals surface area contributed by atoms with Crippen LogP contribution in [0.1, 0.15) is 89.5 Å². The molecule has 0 bridgehead atoms. The minimum Gasteiger partial charge on any atom is -0.266 e. The van der Waals surface area contributed by atoms with E-state index in [2.05, 4.69) is 93.0 Å². The van der Waals surface area contributed by atoms with Crippen molar-refractivity contribution < 1.29 is 20.4 Å². The minimum absolute atomic E-state index is 0. The van der Waals surface area contributed by atoms with E-state index in [0.29, 0.717) is 6.04 Å². The van der Waals surface area contributed by atoms with Crippen LogP contribution in [0.4, 0.5) is 0 Å². The fourth-order valence-corrected chi connectivity index (χ4v) is 3.86. The number of nitrogens with zero attached hydrogens (tertiary/aromatic N) is 2. The maximum absolute atomic E-state index is 5.15. The first-order valence-corrected chi connectivity index (χ1v) is 9.46. The Bertz CT molecular complexity index is 761. The van der Waals surface area contributed by atoms with Crippen molar-refractivity contribution in [3.8, 4) is 11.1 Å². The van der Waals surface area contributed by atoms with Crippen LogP contribution in [-0.2, 0) is 31.3 Å². The molecule has 2 nitrogen and oxygen atoms in total. The maximum atomic E-state index is 5.15. The summed E-state index contributed by atoms with van der Waals surface area (Å²) in [5.41, 5.74) is 9.32. The van der Waals surface area contributed by atoms with E-state index < -0.39 is 0 Å². The predicted octanol–water partition coefficient (Wildman–Crippen LogP) is 6.65. The van der Waals surface area contributed by atoms with Crippen LogP contribution >= 0.6 is 0 Å². The van der Waals surface area contributed by atoms with Crippen molar-refractivity contribution in [3.63, 3.8) is 0 Å². The van der Waals surface area contributed by atoms with Crippen LogP contribution in [0.3, 0.4) is 0 Å². The summed E-state index contributed by atoms with van der Waals surface area (Å²) in [4.78, 5) is 0. The van der Waals surface area contributed by atoms with Crippen LogP contribution < -0.4 is 0 Å². The van der Waals surface area contributed by atoms with Crippen LogP contribution in [0.15, 0.2) is 12.1 Å². The molecule has 0 unspecified atom stereocenters. The van der Waals surface area contributed by atoms with Crippen molar-refractivity contribution in [1.82, 2.24) is 9.78 Å². The van der Waals surface area contributed by atoms with Gasteiger partial charge in [0.1, 0.15) is 0 Å². The number of aryl methyl sites for hydroxylation is 3. The molecule has 3 heteroatoms. The summed E-state index contributed by atoms with van der Waals surface area (Å²) >= 11 is 0. The molecule has 0 amide bonds. The Morgan fingerprint density at radius 2 is 1.27 bits per heavy atom. The molecular weight excluding hydrogens is 411 g/mol. The second-order valence-corrected chi connectivity index (χ2v) is 9.88. The molecule has 1 aromatic heterocycles. The maximum Gasteiger partial charge on any atom is 0.0759 e. The number of hydrogen-bond acceptors (Lipinski definition) is 1. The summed E-state index contributed by atoms with van der Waals surface area (Å²) in [6, 6.07) is 4.94. The molecule has 148 valence electrons. The Hall–Kier alpha value is -0.908. The van der Waals surface area contributed by atoms with E-state index in [1.807, 2.05) is 0 Å². The van der Waals surface area contributed by atoms with E-state index in [0.717, 1.165) is 0 Å². The summed E-state index contributed by atoms with van der Waals surface area (Å²) in [6.07, 6.45) is 0. The number of hydrogen-bond donors (Lipinski definition) is 0. The Morgan fingerprint density at radius 1 is 0.808 bits per heavy atom. The fourth-order valence-electron chi connectivity index (χ4n) is 3.86. The van der Waals surface area contributed by atoms with Crippen LogP contribution in [-0.4, -0.2) is 9.78 Å². The van der Waals surface area contributed by atoms with Crippen molar-refractivity contribution in [2.45, 2.75) is 93.0 Å². The van der Waals surface area contributed by atoms with Gasteiger partial charge in [0.25, 0.3) is 0 Å². The number of benzene rings is 1. The first-order valence-electron chi connectivity index (χ1n) is 9.46. The standard InChI is InChI=1S/C23H36N2.Pd/c1-14(2)25-21(23(9,10)11)19(20(24-25)22(6,7)8)18-16(4)12-15(3)13-17(18)5;/h12-14H,1-11H3;. The quantitative estimate of drug-likeness (QED) is 0.472. The van der Waals surface area contributed by atoms with Crippen molar-refractivity contribution in [2.24, 2.45) is 0 Å². The molecule has 0 saturated carbocycles. The molecule has 0 atom stereocenters. The Morgan fingerprint density at radius 3 is 1.62 bits per heavy atom. The molecule has 1 heterocycles. The van der Waals surface area contributed by atoms with Gasteiger partial charge in [-0.15, -0.1) is 0 Å². The first-order chi connectivity index (χ1) is 11.2. The Labute approximate surface area is 174 Å². The minimum atomic E-state index is -0.000755. The molecule has 2 rings (SSSR count). The molecule has 0 fully saturated rings. The molecule has 26 heavy (non-hydrogen) atoms. The Kier molecular flexibility index (Phi) is 6.77. The molecule has 0 aliphatic carbocycles. The summed E-state index contributed by atoms with van der Waals surface area (Å²) in [5.74, 6) is 0.